The predicted octanol–water partition coefficient (Wildman–Crippen LogP) is 2.04. The number of aryl methyl sites for hydroxylation is 1. The summed E-state index contributed by atoms with van der Waals surface area (Å²) in [5.41, 5.74) is 1.61. The number of nitrogens with zero attached hydrogens (tertiary/aromatic N) is 1. The highest BCUT2D eigenvalue weighted by atomic mass is 32.1. The largest absolute Gasteiger partial charge is 0.361 e. The van der Waals surface area contributed by atoms with Gasteiger partial charge < -0.3 is 14.5 Å². The van der Waals surface area contributed by atoms with Gasteiger partial charge in [-0.3, -0.25) is 0 Å². The number of H-pyrrole nitrogens is 2. The smallest absolute Gasteiger partial charge is 0.174 e. The summed E-state index contributed by atoms with van der Waals surface area (Å²) in [4.78, 5) is 5.80. The fourth-order valence-electron chi connectivity index (χ4n) is 0.964. The quantitative estimate of drug-likeness (QED) is 0.662. The molecule has 0 spiro atoms. The summed E-state index contributed by atoms with van der Waals surface area (Å²) in [5, 5.41) is 3.83. The maximum atomic E-state index is 4.91. The van der Waals surface area contributed by atoms with Crippen LogP contribution in [0.2, 0.25) is 0 Å². The van der Waals surface area contributed by atoms with Crippen molar-refractivity contribution >= 4 is 12.2 Å². The molecule has 12 heavy (non-hydrogen) atoms. The van der Waals surface area contributed by atoms with Crippen LogP contribution in [0.15, 0.2) is 16.8 Å². The summed E-state index contributed by atoms with van der Waals surface area (Å²) in [6, 6.07) is 1.84. The molecular weight excluding hydrogens is 174 g/mol. The molecule has 0 bridgehead atoms. The van der Waals surface area contributed by atoms with Gasteiger partial charge in [-0.2, -0.15) is 0 Å². The van der Waals surface area contributed by atoms with Crippen LogP contribution in [-0.2, 0) is 0 Å². The fourth-order valence-corrected chi connectivity index (χ4v) is 1.13. The molecule has 2 aromatic heterocycles. The molecule has 0 fully saturated rings. The van der Waals surface area contributed by atoms with Gasteiger partial charge in [0, 0.05) is 12.3 Å². The molecule has 0 aliphatic carbocycles. The second kappa shape index (κ2) is 2.60. The standard InChI is InChI=1S/C7H7N3OS/c1-4-2-5(10-11-4)6-3-8-7(12)9-6/h2-3H,1H3,(H2,8,9,12). The average Bonchev–Trinajstić information content (AvgIpc) is 2.58. The topological polar surface area (TPSA) is 57.6 Å². The van der Waals surface area contributed by atoms with Crippen molar-refractivity contribution in [2.75, 3.05) is 0 Å². The van der Waals surface area contributed by atoms with Gasteiger partial charge in [0.2, 0.25) is 0 Å². The van der Waals surface area contributed by atoms with Gasteiger partial charge in [-0.25, -0.2) is 0 Å². The first-order chi connectivity index (χ1) is 5.75. The first-order valence-corrected chi connectivity index (χ1v) is 3.88. The number of rotatable bonds is 1. The molecule has 2 rings (SSSR count). The third-order valence-corrected chi connectivity index (χ3v) is 1.72. The number of nitrogens with one attached hydrogen (secondary N) is 2. The van der Waals surface area contributed by atoms with Crippen LogP contribution >= 0.6 is 12.2 Å². The van der Waals surface area contributed by atoms with Gasteiger partial charge in [0.15, 0.2) is 4.77 Å². The van der Waals surface area contributed by atoms with Crippen LogP contribution in [0.4, 0.5) is 0 Å². The van der Waals surface area contributed by atoms with Gasteiger partial charge in [-0.05, 0) is 19.1 Å². The zero-order valence-electron chi connectivity index (χ0n) is 6.42. The lowest BCUT2D eigenvalue weighted by Crippen LogP contribution is -1.73. The second-order valence-electron chi connectivity index (χ2n) is 2.48. The molecule has 0 radical (unpaired) electrons. The number of aromatic amines is 2. The van der Waals surface area contributed by atoms with Crippen LogP contribution in [0, 0.1) is 11.7 Å². The number of imidazole rings is 1. The van der Waals surface area contributed by atoms with E-state index in [4.69, 9.17) is 16.7 Å². The average molecular weight is 181 g/mol. The minimum absolute atomic E-state index is 0.589. The maximum Gasteiger partial charge on any atom is 0.174 e. The molecule has 0 aromatic carbocycles. The number of hydrogen-bond acceptors (Lipinski definition) is 3. The summed E-state index contributed by atoms with van der Waals surface area (Å²) < 4.78 is 5.50. The highest BCUT2D eigenvalue weighted by Crippen LogP contribution is 2.14. The van der Waals surface area contributed by atoms with Gasteiger partial charge in [0.25, 0.3) is 0 Å². The highest BCUT2D eigenvalue weighted by molar-refractivity contribution is 7.71. The minimum atomic E-state index is 0.589. The molecular formula is C7H7N3OS. The van der Waals surface area contributed by atoms with Crippen molar-refractivity contribution in [3.8, 4) is 11.4 Å². The molecule has 0 saturated carbocycles. The van der Waals surface area contributed by atoms with Crippen molar-refractivity contribution in [1.29, 1.82) is 0 Å². The zero-order valence-corrected chi connectivity index (χ0v) is 7.23. The Bertz CT molecular complexity index is 439. The summed E-state index contributed by atoms with van der Waals surface area (Å²) >= 11 is 4.87. The monoisotopic (exact) mass is 181 g/mol. The molecule has 0 saturated heterocycles. The molecule has 0 aliphatic heterocycles. The summed E-state index contributed by atoms with van der Waals surface area (Å²) in [7, 11) is 0. The van der Waals surface area contributed by atoms with Crippen molar-refractivity contribution in [3.63, 3.8) is 0 Å². The summed E-state index contributed by atoms with van der Waals surface area (Å²) in [5.74, 6) is 0.783. The highest BCUT2D eigenvalue weighted by Gasteiger charge is 2.03. The summed E-state index contributed by atoms with van der Waals surface area (Å²) in [6.07, 6.45) is 1.76. The van der Waals surface area contributed by atoms with Gasteiger partial charge in [-0.1, -0.05) is 5.16 Å². The van der Waals surface area contributed by atoms with E-state index in [1.807, 2.05) is 13.0 Å². The van der Waals surface area contributed by atoms with Crippen LogP contribution in [0.3, 0.4) is 0 Å². The lowest BCUT2D eigenvalue weighted by Gasteiger charge is -1.82. The van der Waals surface area contributed by atoms with Crippen molar-refractivity contribution in [2.45, 2.75) is 6.92 Å². The Morgan fingerprint density at radius 3 is 2.92 bits per heavy atom. The van der Waals surface area contributed by atoms with E-state index < -0.39 is 0 Å². The van der Waals surface area contributed by atoms with Gasteiger partial charge >= 0.3 is 0 Å². The molecule has 2 N–H and O–H groups in total. The molecule has 0 aliphatic rings. The van der Waals surface area contributed by atoms with Crippen molar-refractivity contribution in [2.24, 2.45) is 0 Å². The van der Waals surface area contributed by atoms with Crippen LogP contribution in [0.1, 0.15) is 5.76 Å². The van der Waals surface area contributed by atoms with Crippen LogP contribution in [0.25, 0.3) is 11.4 Å². The number of aromatic nitrogens is 3. The van der Waals surface area contributed by atoms with E-state index in [-0.39, 0.29) is 0 Å². The Balaban J connectivity index is 2.50. The van der Waals surface area contributed by atoms with E-state index >= 15 is 0 Å². The van der Waals surface area contributed by atoms with E-state index in [1.165, 1.54) is 0 Å². The third-order valence-electron chi connectivity index (χ3n) is 1.50. The second-order valence-corrected chi connectivity index (χ2v) is 2.89. The molecule has 0 unspecified atom stereocenters. The Hall–Kier alpha value is -1.36. The molecule has 5 heteroatoms. The lowest BCUT2D eigenvalue weighted by molar-refractivity contribution is 0.399. The van der Waals surface area contributed by atoms with E-state index in [0.717, 1.165) is 17.1 Å². The SMILES string of the molecule is Cc1cc(-c2c[nH]c(=S)[nH]2)no1. The Labute approximate surface area is 73.6 Å². The molecule has 62 valence electrons. The van der Waals surface area contributed by atoms with Crippen molar-refractivity contribution in [1.82, 2.24) is 15.1 Å². The van der Waals surface area contributed by atoms with Gasteiger partial charge in [0.05, 0.1) is 5.69 Å². The van der Waals surface area contributed by atoms with Crippen LogP contribution in [0.5, 0.6) is 0 Å². The first-order valence-electron chi connectivity index (χ1n) is 3.47. The molecule has 2 aromatic rings. The third kappa shape index (κ3) is 1.18. The van der Waals surface area contributed by atoms with Gasteiger partial charge in [-0.15, -0.1) is 0 Å². The molecule has 4 nitrogen and oxygen atoms in total. The van der Waals surface area contributed by atoms with E-state index in [1.54, 1.807) is 6.20 Å². The van der Waals surface area contributed by atoms with Crippen molar-refractivity contribution < 1.29 is 4.52 Å². The van der Waals surface area contributed by atoms with Crippen molar-refractivity contribution in [3.05, 3.63) is 22.8 Å². The predicted molar refractivity (Wildman–Crippen MR) is 46.2 cm³/mol. The molecule has 0 amide bonds. The van der Waals surface area contributed by atoms with Gasteiger partial charge in [0.1, 0.15) is 11.5 Å². The fraction of sp³-hybridized carbons (Fsp3) is 0.143. The molecule has 0 atom stereocenters. The zero-order chi connectivity index (χ0) is 8.55. The Morgan fingerprint density at radius 2 is 2.42 bits per heavy atom. The lowest BCUT2D eigenvalue weighted by atomic mass is 10.3. The number of hydrogen-bond donors (Lipinski definition) is 2. The summed E-state index contributed by atoms with van der Waals surface area (Å²) in [6.45, 7) is 1.85. The van der Waals surface area contributed by atoms with Crippen LogP contribution < -0.4 is 0 Å². The maximum absolute atomic E-state index is 4.91. The molecule has 2 heterocycles. The normalized spacial score (nSPS) is 10.4. The first kappa shape index (κ1) is 7.30. The van der Waals surface area contributed by atoms with E-state index in [2.05, 4.69) is 15.1 Å². The van der Waals surface area contributed by atoms with E-state index in [0.29, 0.717) is 4.77 Å². The minimum Gasteiger partial charge on any atom is -0.361 e. The van der Waals surface area contributed by atoms with Crippen LogP contribution in [-0.4, -0.2) is 15.1 Å². The Kier molecular flexibility index (Phi) is 1.58. The van der Waals surface area contributed by atoms with E-state index in [9.17, 15) is 0 Å². The Morgan fingerprint density at radius 1 is 1.58 bits per heavy atom.